The summed E-state index contributed by atoms with van der Waals surface area (Å²) >= 11 is 6.10. The Balaban J connectivity index is 1.89. The summed E-state index contributed by atoms with van der Waals surface area (Å²) in [6.07, 6.45) is 1.33. The number of ether oxygens (including phenoxy) is 1. The van der Waals surface area contributed by atoms with Crippen molar-refractivity contribution in [2.75, 3.05) is 12.4 Å². The van der Waals surface area contributed by atoms with Gasteiger partial charge in [0, 0.05) is 5.56 Å². The molecule has 1 amide bonds. The van der Waals surface area contributed by atoms with E-state index in [0.717, 1.165) is 5.56 Å². The van der Waals surface area contributed by atoms with E-state index in [-0.39, 0.29) is 16.8 Å². The standard InChI is InChI=1S/C18H13ClN2O4/c1-24-18(23)12-7-8-14(19)15(9-12)21-17(22)13-10-20-25-16(13)11-5-3-2-4-6-11/h2-10H,1H3,(H,21,22). The van der Waals surface area contributed by atoms with Crippen LogP contribution in [0.25, 0.3) is 11.3 Å². The van der Waals surface area contributed by atoms with Crippen LogP contribution in [0.15, 0.2) is 59.3 Å². The lowest BCUT2D eigenvalue weighted by Crippen LogP contribution is -2.13. The topological polar surface area (TPSA) is 81.4 Å². The summed E-state index contributed by atoms with van der Waals surface area (Å²) in [4.78, 5) is 24.2. The minimum Gasteiger partial charge on any atom is -0.465 e. The zero-order chi connectivity index (χ0) is 17.8. The molecule has 6 nitrogen and oxygen atoms in total. The van der Waals surface area contributed by atoms with Gasteiger partial charge in [0.05, 0.1) is 29.6 Å². The molecular weight excluding hydrogens is 344 g/mol. The Morgan fingerprint density at radius 1 is 1.16 bits per heavy atom. The number of halogens is 1. The van der Waals surface area contributed by atoms with Crippen molar-refractivity contribution in [2.24, 2.45) is 0 Å². The molecule has 0 saturated carbocycles. The molecule has 0 spiro atoms. The summed E-state index contributed by atoms with van der Waals surface area (Å²) in [5, 5.41) is 6.65. The van der Waals surface area contributed by atoms with E-state index in [4.69, 9.17) is 16.1 Å². The van der Waals surface area contributed by atoms with Gasteiger partial charge in [0.2, 0.25) is 0 Å². The first-order chi connectivity index (χ1) is 12.1. The molecule has 1 N–H and O–H groups in total. The van der Waals surface area contributed by atoms with Gasteiger partial charge in [-0.25, -0.2) is 4.79 Å². The van der Waals surface area contributed by atoms with Crippen molar-refractivity contribution < 1.29 is 18.8 Å². The number of hydrogen-bond donors (Lipinski definition) is 1. The van der Waals surface area contributed by atoms with Crippen LogP contribution in [0.1, 0.15) is 20.7 Å². The Bertz CT molecular complexity index is 922. The largest absolute Gasteiger partial charge is 0.465 e. The molecule has 0 bridgehead atoms. The number of amides is 1. The zero-order valence-corrected chi connectivity index (χ0v) is 13.9. The molecule has 0 aliphatic heterocycles. The maximum atomic E-state index is 12.6. The number of rotatable bonds is 4. The van der Waals surface area contributed by atoms with Crippen LogP contribution in [0, 0.1) is 0 Å². The van der Waals surface area contributed by atoms with E-state index in [9.17, 15) is 9.59 Å². The number of anilines is 1. The van der Waals surface area contributed by atoms with Crippen molar-refractivity contribution in [1.82, 2.24) is 5.16 Å². The minimum absolute atomic E-state index is 0.255. The van der Waals surface area contributed by atoms with Gasteiger partial charge < -0.3 is 14.6 Å². The summed E-state index contributed by atoms with van der Waals surface area (Å²) in [5.74, 6) is -0.635. The third-order valence-corrected chi connectivity index (χ3v) is 3.82. The number of carbonyl (C=O) groups excluding carboxylic acids is 2. The lowest BCUT2D eigenvalue weighted by Gasteiger charge is -2.08. The molecule has 25 heavy (non-hydrogen) atoms. The molecule has 0 aliphatic carbocycles. The van der Waals surface area contributed by atoms with Gasteiger partial charge in [-0.2, -0.15) is 0 Å². The predicted molar refractivity (Wildman–Crippen MR) is 92.7 cm³/mol. The van der Waals surface area contributed by atoms with E-state index in [1.807, 2.05) is 30.3 Å². The number of nitrogens with one attached hydrogen (secondary N) is 1. The molecule has 0 saturated heterocycles. The second kappa shape index (κ2) is 7.19. The second-order valence-corrected chi connectivity index (χ2v) is 5.48. The Morgan fingerprint density at radius 3 is 2.64 bits per heavy atom. The first kappa shape index (κ1) is 16.7. The van der Waals surface area contributed by atoms with Crippen molar-refractivity contribution in [1.29, 1.82) is 0 Å². The summed E-state index contributed by atoms with van der Waals surface area (Å²) in [6.45, 7) is 0. The number of methoxy groups -OCH3 is 1. The number of nitrogens with zero attached hydrogens (tertiary/aromatic N) is 1. The van der Waals surface area contributed by atoms with Crippen LogP contribution in [-0.4, -0.2) is 24.1 Å². The van der Waals surface area contributed by atoms with Crippen molar-refractivity contribution in [3.63, 3.8) is 0 Å². The van der Waals surface area contributed by atoms with Gasteiger partial charge in [-0.15, -0.1) is 0 Å². The van der Waals surface area contributed by atoms with E-state index in [1.165, 1.54) is 31.5 Å². The summed E-state index contributed by atoms with van der Waals surface area (Å²) in [6, 6.07) is 13.6. The first-order valence-electron chi connectivity index (χ1n) is 7.29. The Labute approximate surface area is 148 Å². The molecule has 0 fully saturated rings. The smallest absolute Gasteiger partial charge is 0.337 e. The molecule has 7 heteroatoms. The molecule has 0 radical (unpaired) electrons. The lowest BCUT2D eigenvalue weighted by molar-refractivity contribution is 0.0600. The fraction of sp³-hybridized carbons (Fsp3) is 0.0556. The number of hydrogen-bond acceptors (Lipinski definition) is 5. The first-order valence-corrected chi connectivity index (χ1v) is 7.67. The van der Waals surface area contributed by atoms with Crippen molar-refractivity contribution in [3.8, 4) is 11.3 Å². The second-order valence-electron chi connectivity index (χ2n) is 5.07. The maximum absolute atomic E-state index is 12.6. The highest BCUT2D eigenvalue weighted by molar-refractivity contribution is 6.34. The minimum atomic E-state index is -0.526. The van der Waals surface area contributed by atoms with E-state index in [2.05, 4.69) is 15.2 Å². The van der Waals surface area contributed by atoms with Crippen molar-refractivity contribution in [2.45, 2.75) is 0 Å². The highest BCUT2D eigenvalue weighted by Crippen LogP contribution is 2.27. The van der Waals surface area contributed by atoms with Crippen LogP contribution in [0.2, 0.25) is 5.02 Å². The fourth-order valence-corrected chi connectivity index (χ4v) is 2.42. The molecule has 1 aromatic heterocycles. The van der Waals surface area contributed by atoms with Gasteiger partial charge in [0.1, 0.15) is 5.56 Å². The summed E-state index contributed by atoms with van der Waals surface area (Å²) in [5.41, 5.74) is 1.54. The van der Waals surface area contributed by atoms with Gasteiger partial charge in [-0.1, -0.05) is 47.1 Å². The Kier molecular flexibility index (Phi) is 4.81. The highest BCUT2D eigenvalue weighted by Gasteiger charge is 2.19. The molecular formula is C18H13ClN2O4. The molecule has 3 rings (SSSR count). The van der Waals surface area contributed by atoms with E-state index in [0.29, 0.717) is 10.8 Å². The highest BCUT2D eigenvalue weighted by atomic mass is 35.5. The third-order valence-electron chi connectivity index (χ3n) is 3.49. The van der Waals surface area contributed by atoms with Crippen LogP contribution in [-0.2, 0) is 4.74 Å². The predicted octanol–water partition coefficient (Wildman–Crippen LogP) is 4.03. The van der Waals surface area contributed by atoms with Crippen LogP contribution in [0.5, 0.6) is 0 Å². The number of esters is 1. The molecule has 1 heterocycles. The number of carbonyl (C=O) groups is 2. The van der Waals surface area contributed by atoms with E-state index in [1.54, 1.807) is 0 Å². The quantitative estimate of drug-likeness (QED) is 0.713. The number of aromatic nitrogens is 1. The molecule has 2 aromatic carbocycles. The van der Waals surface area contributed by atoms with Crippen LogP contribution >= 0.6 is 11.6 Å². The van der Waals surface area contributed by atoms with Crippen LogP contribution in [0.4, 0.5) is 5.69 Å². The monoisotopic (exact) mass is 356 g/mol. The average molecular weight is 357 g/mol. The lowest BCUT2D eigenvalue weighted by atomic mass is 10.1. The van der Waals surface area contributed by atoms with Gasteiger partial charge in [-0.05, 0) is 18.2 Å². The maximum Gasteiger partial charge on any atom is 0.337 e. The molecule has 3 aromatic rings. The van der Waals surface area contributed by atoms with Gasteiger partial charge >= 0.3 is 5.97 Å². The Hall–Kier alpha value is -3.12. The van der Waals surface area contributed by atoms with Gasteiger partial charge in [-0.3, -0.25) is 4.79 Å². The summed E-state index contributed by atoms with van der Waals surface area (Å²) < 4.78 is 9.87. The van der Waals surface area contributed by atoms with E-state index >= 15 is 0 Å². The van der Waals surface area contributed by atoms with Crippen LogP contribution in [0.3, 0.4) is 0 Å². The Morgan fingerprint density at radius 2 is 1.92 bits per heavy atom. The van der Waals surface area contributed by atoms with Crippen molar-refractivity contribution >= 4 is 29.2 Å². The molecule has 0 atom stereocenters. The average Bonchev–Trinajstić information content (AvgIpc) is 3.13. The SMILES string of the molecule is COC(=O)c1ccc(Cl)c(NC(=O)c2cnoc2-c2ccccc2)c1. The molecule has 0 unspecified atom stereocenters. The molecule has 0 aliphatic rings. The van der Waals surface area contributed by atoms with Gasteiger partial charge in [0.15, 0.2) is 5.76 Å². The van der Waals surface area contributed by atoms with Gasteiger partial charge in [0.25, 0.3) is 5.91 Å². The normalized spacial score (nSPS) is 10.3. The third kappa shape index (κ3) is 3.54. The number of benzene rings is 2. The van der Waals surface area contributed by atoms with Crippen molar-refractivity contribution in [3.05, 3.63) is 70.9 Å². The molecule has 126 valence electrons. The fourth-order valence-electron chi connectivity index (χ4n) is 2.25. The summed E-state index contributed by atoms with van der Waals surface area (Å²) in [7, 11) is 1.28. The van der Waals surface area contributed by atoms with E-state index < -0.39 is 11.9 Å². The van der Waals surface area contributed by atoms with Crippen LogP contribution < -0.4 is 5.32 Å². The zero-order valence-electron chi connectivity index (χ0n) is 13.2.